The van der Waals surface area contributed by atoms with Crippen LogP contribution in [0.2, 0.25) is 0 Å². The number of nitrogens with two attached hydrogens (primary N) is 1. The van der Waals surface area contributed by atoms with Crippen molar-refractivity contribution in [2.75, 3.05) is 6.54 Å². The van der Waals surface area contributed by atoms with Crippen molar-refractivity contribution in [2.24, 2.45) is 5.73 Å². The van der Waals surface area contributed by atoms with Crippen LogP contribution in [0.5, 0.6) is 0 Å². The highest BCUT2D eigenvalue weighted by molar-refractivity contribution is 6.30. The first-order valence-corrected chi connectivity index (χ1v) is 8.33. The van der Waals surface area contributed by atoms with E-state index in [0.29, 0.717) is 24.5 Å². The zero-order chi connectivity index (χ0) is 18.0. The van der Waals surface area contributed by atoms with Gasteiger partial charge in [-0.05, 0) is 12.5 Å². The highest BCUT2D eigenvalue weighted by Gasteiger charge is 2.60. The molecule has 1 aromatic heterocycles. The smallest absolute Gasteiger partial charge is 0.252 e. The van der Waals surface area contributed by atoms with Crippen LogP contribution in [0, 0.1) is 0 Å². The van der Waals surface area contributed by atoms with E-state index >= 15 is 0 Å². The Bertz CT molecular complexity index is 822. The second-order valence-electron chi connectivity index (χ2n) is 6.94. The van der Waals surface area contributed by atoms with Gasteiger partial charge in [-0.1, -0.05) is 17.7 Å². The SMILES string of the molecule is NC(=O)c1c(C2C=CC(F)=C(Cl)C2)nn2c1CNCC21CC(F)(F)C1. The number of carbonyl (C=O) groups is 1. The van der Waals surface area contributed by atoms with E-state index in [1.807, 2.05) is 0 Å². The maximum atomic E-state index is 13.5. The molecule has 0 saturated heterocycles. The molecule has 3 aliphatic rings. The van der Waals surface area contributed by atoms with E-state index in [2.05, 4.69) is 10.4 Å². The molecule has 1 unspecified atom stereocenters. The minimum atomic E-state index is -2.74. The van der Waals surface area contributed by atoms with Crippen molar-refractivity contribution in [3.8, 4) is 0 Å². The van der Waals surface area contributed by atoms with Crippen molar-refractivity contribution in [2.45, 2.75) is 43.2 Å². The molecular weight excluding hydrogens is 357 g/mol. The van der Waals surface area contributed by atoms with E-state index < -0.39 is 29.1 Å². The first-order valence-electron chi connectivity index (χ1n) is 7.95. The largest absolute Gasteiger partial charge is 0.365 e. The van der Waals surface area contributed by atoms with Crippen molar-refractivity contribution < 1.29 is 18.0 Å². The summed E-state index contributed by atoms with van der Waals surface area (Å²) in [5, 5.41) is 7.61. The normalized spacial score (nSPS) is 26.5. The number of fused-ring (bicyclic) bond motifs is 2. The summed E-state index contributed by atoms with van der Waals surface area (Å²) >= 11 is 5.89. The van der Waals surface area contributed by atoms with Crippen LogP contribution < -0.4 is 11.1 Å². The van der Waals surface area contributed by atoms with Gasteiger partial charge in [0.2, 0.25) is 0 Å². The van der Waals surface area contributed by atoms with Crippen LogP contribution in [0.15, 0.2) is 23.0 Å². The molecule has 2 aliphatic carbocycles. The zero-order valence-electron chi connectivity index (χ0n) is 13.2. The highest BCUT2D eigenvalue weighted by Crippen LogP contribution is 2.52. The van der Waals surface area contributed by atoms with E-state index in [-0.39, 0.29) is 29.9 Å². The van der Waals surface area contributed by atoms with E-state index in [1.165, 1.54) is 10.8 Å². The molecule has 0 radical (unpaired) electrons. The monoisotopic (exact) mass is 372 g/mol. The third-order valence-corrected chi connectivity index (χ3v) is 5.44. The number of nitrogens with one attached hydrogen (secondary N) is 1. The number of nitrogens with zero attached hydrogens (tertiary/aromatic N) is 2. The van der Waals surface area contributed by atoms with Crippen molar-refractivity contribution in [3.05, 3.63) is 40.0 Å². The summed E-state index contributed by atoms with van der Waals surface area (Å²) in [4.78, 5) is 12.0. The van der Waals surface area contributed by atoms with Crippen LogP contribution in [0.25, 0.3) is 0 Å². The van der Waals surface area contributed by atoms with E-state index in [0.717, 1.165) is 0 Å². The fraction of sp³-hybridized carbons (Fsp3) is 0.500. The number of allylic oxidation sites excluding steroid dienone is 4. The van der Waals surface area contributed by atoms with Gasteiger partial charge in [-0.25, -0.2) is 13.2 Å². The third kappa shape index (κ3) is 2.50. The number of aromatic nitrogens is 2. The Morgan fingerprint density at radius 2 is 2.16 bits per heavy atom. The number of primary amides is 1. The first-order chi connectivity index (χ1) is 11.7. The molecule has 4 rings (SSSR count). The molecule has 1 amide bonds. The molecule has 1 spiro atoms. The summed E-state index contributed by atoms with van der Waals surface area (Å²) < 4.78 is 42.1. The van der Waals surface area contributed by atoms with Crippen LogP contribution in [0.3, 0.4) is 0 Å². The van der Waals surface area contributed by atoms with Crippen molar-refractivity contribution >= 4 is 17.5 Å². The first kappa shape index (κ1) is 16.7. The zero-order valence-corrected chi connectivity index (χ0v) is 13.9. The van der Waals surface area contributed by atoms with Crippen LogP contribution in [-0.4, -0.2) is 28.2 Å². The molecule has 1 aromatic rings. The summed E-state index contributed by atoms with van der Waals surface area (Å²) in [7, 11) is 0. The Labute approximate surface area is 146 Å². The van der Waals surface area contributed by atoms with Gasteiger partial charge >= 0.3 is 0 Å². The van der Waals surface area contributed by atoms with Crippen molar-refractivity contribution in [3.63, 3.8) is 0 Å². The Morgan fingerprint density at radius 3 is 2.76 bits per heavy atom. The summed E-state index contributed by atoms with van der Waals surface area (Å²) in [6.07, 6.45) is 2.27. The summed E-state index contributed by atoms with van der Waals surface area (Å²) in [6, 6.07) is 0. The van der Waals surface area contributed by atoms with Crippen LogP contribution in [0.4, 0.5) is 13.2 Å². The van der Waals surface area contributed by atoms with Gasteiger partial charge in [-0.15, -0.1) is 0 Å². The quantitative estimate of drug-likeness (QED) is 0.838. The Kier molecular flexibility index (Phi) is 3.56. The molecule has 1 aliphatic heterocycles. The van der Waals surface area contributed by atoms with Gasteiger partial charge in [0.15, 0.2) is 0 Å². The Balaban J connectivity index is 1.80. The second kappa shape index (κ2) is 5.35. The van der Waals surface area contributed by atoms with Gasteiger partial charge in [0.05, 0.1) is 27.5 Å². The molecule has 134 valence electrons. The molecule has 0 aromatic carbocycles. The number of halogens is 4. The van der Waals surface area contributed by atoms with E-state index in [1.54, 1.807) is 6.08 Å². The second-order valence-corrected chi connectivity index (χ2v) is 7.40. The summed E-state index contributed by atoms with van der Waals surface area (Å²) in [5.74, 6) is -4.37. The van der Waals surface area contributed by atoms with Gasteiger partial charge in [0.25, 0.3) is 11.8 Å². The standard InChI is InChI=1S/C16H16ClF3N4O/c17-9-3-8(1-2-10(9)18)13-12(14(21)25)11-4-22-7-15(24(11)23-13)5-16(19,20)6-15/h1-2,8,22H,3-7H2,(H2,21,25). The number of rotatable bonds is 2. The topological polar surface area (TPSA) is 72.9 Å². The van der Waals surface area contributed by atoms with Gasteiger partial charge in [0.1, 0.15) is 5.83 Å². The predicted octanol–water partition coefficient (Wildman–Crippen LogP) is 2.67. The molecular formula is C16H16ClF3N4O. The minimum Gasteiger partial charge on any atom is -0.365 e. The number of hydrogen-bond donors (Lipinski definition) is 2. The number of alkyl halides is 2. The molecule has 9 heteroatoms. The highest BCUT2D eigenvalue weighted by atomic mass is 35.5. The average molecular weight is 373 g/mol. The third-order valence-electron chi connectivity index (χ3n) is 5.11. The maximum Gasteiger partial charge on any atom is 0.252 e. The fourth-order valence-electron chi connectivity index (χ4n) is 4.07. The van der Waals surface area contributed by atoms with Crippen LogP contribution >= 0.6 is 11.6 Å². The predicted molar refractivity (Wildman–Crippen MR) is 85.1 cm³/mol. The van der Waals surface area contributed by atoms with Gasteiger partial charge in [-0.3, -0.25) is 9.48 Å². The van der Waals surface area contributed by atoms with Crippen LogP contribution in [0.1, 0.15) is 46.9 Å². The molecule has 25 heavy (non-hydrogen) atoms. The number of hydrogen-bond acceptors (Lipinski definition) is 3. The lowest BCUT2D eigenvalue weighted by molar-refractivity contribution is -0.159. The van der Waals surface area contributed by atoms with Crippen molar-refractivity contribution in [1.82, 2.24) is 15.1 Å². The lowest BCUT2D eigenvalue weighted by Crippen LogP contribution is -2.61. The molecule has 5 nitrogen and oxygen atoms in total. The molecule has 1 fully saturated rings. The average Bonchev–Trinajstić information content (AvgIpc) is 2.89. The van der Waals surface area contributed by atoms with Gasteiger partial charge < -0.3 is 11.1 Å². The lowest BCUT2D eigenvalue weighted by atomic mass is 9.72. The lowest BCUT2D eigenvalue weighted by Gasteiger charge is -2.50. The Morgan fingerprint density at radius 1 is 1.44 bits per heavy atom. The minimum absolute atomic E-state index is 0.0388. The van der Waals surface area contributed by atoms with Gasteiger partial charge in [0, 0.05) is 31.8 Å². The van der Waals surface area contributed by atoms with Crippen molar-refractivity contribution in [1.29, 1.82) is 0 Å². The maximum absolute atomic E-state index is 13.5. The summed E-state index contributed by atoms with van der Waals surface area (Å²) in [5.41, 5.74) is 5.76. The van der Waals surface area contributed by atoms with E-state index in [4.69, 9.17) is 17.3 Å². The molecule has 1 saturated carbocycles. The number of amides is 1. The molecule has 2 heterocycles. The molecule has 0 bridgehead atoms. The Hall–Kier alpha value is -1.80. The van der Waals surface area contributed by atoms with Crippen LogP contribution in [-0.2, 0) is 12.1 Å². The van der Waals surface area contributed by atoms with Gasteiger partial charge in [-0.2, -0.15) is 5.10 Å². The molecule has 1 atom stereocenters. The summed E-state index contributed by atoms with van der Waals surface area (Å²) in [6.45, 7) is 0.664. The van der Waals surface area contributed by atoms with E-state index in [9.17, 15) is 18.0 Å². The number of carbonyl (C=O) groups excluding carboxylic acids is 1. The molecule has 3 N–H and O–H groups in total. The fourth-order valence-corrected chi connectivity index (χ4v) is 4.30.